The highest BCUT2D eigenvalue weighted by Crippen LogP contribution is 2.22. The van der Waals surface area contributed by atoms with Crippen molar-refractivity contribution in [2.24, 2.45) is 0 Å². The Hall–Kier alpha value is -1.59. The van der Waals surface area contributed by atoms with E-state index in [0.717, 1.165) is 0 Å². The van der Waals surface area contributed by atoms with Crippen LogP contribution in [0.2, 0.25) is 0 Å². The third kappa shape index (κ3) is 3.52. The molecule has 0 saturated carbocycles. The van der Waals surface area contributed by atoms with Gasteiger partial charge in [-0.1, -0.05) is 30.9 Å². The Labute approximate surface area is 94.6 Å². The first-order valence-electron chi connectivity index (χ1n) is 4.52. The van der Waals surface area contributed by atoms with E-state index >= 15 is 0 Å². The number of rotatable bonds is 5. The molecule has 1 aromatic rings. The molecule has 5 heteroatoms. The number of benzene rings is 1. The Bertz CT molecular complexity index is 488. The Balaban J connectivity index is 2.88. The molecule has 0 unspecified atom stereocenters. The standard InChI is InChI=1S/C11H12O4S/c1-2-3-6-9-15-10-7-4-5-8-11(10)16(12,13)14/h2-8H,1,9H2,(H,12,13,14). The van der Waals surface area contributed by atoms with Gasteiger partial charge in [-0.25, -0.2) is 0 Å². The van der Waals surface area contributed by atoms with Crippen LogP contribution >= 0.6 is 0 Å². The lowest BCUT2D eigenvalue weighted by molar-refractivity contribution is 0.350. The first-order chi connectivity index (χ1) is 7.55. The molecule has 0 saturated heterocycles. The van der Waals surface area contributed by atoms with E-state index in [4.69, 9.17) is 9.29 Å². The average Bonchev–Trinajstić information content (AvgIpc) is 2.24. The maximum Gasteiger partial charge on any atom is 0.298 e. The molecule has 0 aliphatic carbocycles. The van der Waals surface area contributed by atoms with Gasteiger partial charge in [0.1, 0.15) is 17.3 Å². The van der Waals surface area contributed by atoms with Gasteiger partial charge in [-0.2, -0.15) is 8.42 Å². The first kappa shape index (κ1) is 12.5. The normalized spacial score (nSPS) is 11.6. The van der Waals surface area contributed by atoms with E-state index < -0.39 is 10.1 Å². The Morgan fingerprint density at radius 2 is 2.06 bits per heavy atom. The number of ether oxygens (including phenoxy) is 1. The van der Waals surface area contributed by atoms with Crippen LogP contribution in [0.5, 0.6) is 5.75 Å². The summed E-state index contributed by atoms with van der Waals surface area (Å²) in [6.07, 6.45) is 4.93. The van der Waals surface area contributed by atoms with Crippen molar-refractivity contribution < 1.29 is 17.7 Å². The molecule has 1 aromatic carbocycles. The summed E-state index contributed by atoms with van der Waals surface area (Å²) in [5.74, 6) is 0.124. The van der Waals surface area contributed by atoms with Crippen LogP contribution in [0.25, 0.3) is 0 Å². The van der Waals surface area contributed by atoms with Gasteiger partial charge in [0.05, 0.1) is 0 Å². The maximum atomic E-state index is 11.0. The molecule has 1 rings (SSSR count). The maximum absolute atomic E-state index is 11.0. The summed E-state index contributed by atoms with van der Waals surface area (Å²) < 4.78 is 36.1. The van der Waals surface area contributed by atoms with E-state index in [0.29, 0.717) is 0 Å². The van der Waals surface area contributed by atoms with Crippen molar-refractivity contribution >= 4 is 10.1 Å². The highest BCUT2D eigenvalue weighted by atomic mass is 32.2. The third-order valence-electron chi connectivity index (χ3n) is 1.73. The molecule has 0 aliphatic heterocycles. The summed E-state index contributed by atoms with van der Waals surface area (Å²) in [6, 6.07) is 5.89. The fourth-order valence-corrected chi connectivity index (χ4v) is 1.70. The van der Waals surface area contributed by atoms with Crippen molar-refractivity contribution in [2.75, 3.05) is 6.61 Å². The molecule has 0 atom stereocenters. The zero-order valence-corrected chi connectivity index (χ0v) is 9.35. The van der Waals surface area contributed by atoms with Crippen LogP contribution in [0.4, 0.5) is 0 Å². The monoisotopic (exact) mass is 240 g/mol. The quantitative estimate of drug-likeness (QED) is 0.632. The van der Waals surface area contributed by atoms with Gasteiger partial charge in [-0.05, 0) is 18.2 Å². The fraction of sp³-hybridized carbons (Fsp3) is 0.0909. The van der Waals surface area contributed by atoms with E-state index in [1.807, 2.05) is 0 Å². The van der Waals surface area contributed by atoms with Gasteiger partial charge in [-0.15, -0.1) is 0 Å². The van der Waals surface area contributed by atoms with E-state index in [1.54, 1.807) is 24.3 Å². The number of hydrogen-bond acceptors (Lipinski definition) is 3. The second-order valence-electron chi connectivity index (χ2n) is 2.90. The molecule has 0 aliphatic rings. The van der Waals surface area contributed by atoms with Gasteiger partial charge < -0.3 is 4.74 Å². The van der Waals surface area contributed by atoms with Crippen LogP contribution in [0.3, 0.4) is 0 Å². The minimum Gasteiger partial charge on any atom is -0.488 e. The number of allylic oxidation sites excluding steroid dienone is 2. The fourth-order valence-electron chi connectivity index (χ4n) is 1.07. The highest BCUT2D eigenvalue weighted by molar-refractivity contribution is 7.86. The molecule has 0 heterocycles. The molecule has 0 bridgehead atoms. The van der Waals surface area contributed by atoms with E-state index in [-0.39, 0.29) is 17.3 Å². The topological polar surface area (TPSA) is 63.6 Å². The van der Waals surface area contributed by atoms with Crippen LogP contribution in [-0.4, -0.2) is 19.6 Å². The minimum absolute atomic E-state index is 0.124. The highest BCUT2D eigenvalue weighted by Gasteiger charge is 2.15. The predicted molar refractivity (Wildman–Crippen MR) is 61.1 cm³/mol. The van der Waals surface area contributed by atoms with Crippen molar-refractivity contribution in [3.8, 4) is 5.75 Å². The molecular formula is C11H12O4S. The summed E-state index contributed by atoms with van der Waals surface area (Å²) in [6.45, 7) is 3.69. The summed E-state index contributed by atoms with van der Waals surface area (Å²) in [7, 11) is -4.25. The lowest BCUT2D eigenvalue weighted by Crippen LogP contribution is -2.03. The summed E-state index contributed by atoms with van der Waals surface area (Å²) in [5, 5.41) is 0. The van der Waals surface area contributed by atoms with Gasteiger partial charge in [0.25, 0.3) is 10.1 Å². The van der Waals surface area contributed by atoms with Crippen LogP contribution in [-0.2, 0) is 10.1 Å². The number of para-hydroxylation sites is 1. The van der Waals surface area contributed by atoms with Crippen LogP contribution in [0, 0.1) is 0 Å². The van der Waals surface area contributed by atoms with Crippen LogP contribution in [0.15, 0.2) is 54.0 Å². The average molecular weight is 240 g/mol. The van der Waals surface area contributed by atoms with Crippen LogP contribution in [0.1, 0.15) is 0 Å². The lowest BCUT2D eigenvalue weighted by atomic mass is 10.3. The SMILES string of the molecule is C=CC=CCOc1ccccc1S(=O)(=O)O. The molecule has 86 valence electrons. The predicted octanol–water partition coefficient (Wildman–Crippen LogP) is 2.05. The van der Waals surface area contributed by atoms with Crippen molar-refractivity contribution in [2.45, 2.75) is 4.90 Å². The lowest BCUT2D eigenvalue weighted by Gasteiger charge is -2.06. The molecule has 4 nitrogen and oxygen atoms in total. The molecular weight excluding hydrogens is 228 g/mol. The van der Waals surface area contributed by atoms with E-state index in [9.17, 15) is 8.42 Å². The van der Waals surface area contributed by atoms with Gasteiger partial charge >= 0.3 is 0 Å². The van der Waals surface area contributed by atoms with Gasteiger partial charge in [0, 0.05) is 0 Å². The summed E-state index contributed by atoms with van der Waals surface area (Å²) in [5.41, 5.74) is 0. The molecule has 0 radical (unpaired) electrons. The van der Waals surface area contributed by atoms with Gasteiger partial charge in [0.2, 0.25) is 0 Å². The summed E-state index contributed by atoms with van der Waals surface area (Å²) in [4.78, 5) is -0.234. The van der Waals surface area contributed by atoms with E-state index in [2.05, 4.69) is 6.58 Å². The second-order valence-corrected chi connectivity index (χ2v) is 4.29. The Morgan fingerprint density at radius 3 is 2.69 bits per heavy atom. The van der Waals surface area contributed by atoms with Gasteiger partial charge in [0.15, 0.2) is 0 Å². The smallest absolute Gasteiger partial charge is 0.298 e. The first-order valence-corrected chi connectivity index (χ1v) is 5.96. The Morgan fingerprint density at radius 1 is 1.38 bits per heavy atom. The largest absolute Gasteiger partial charge is 0.488 e. The molecule has 1 N–H and O–H groups in total. The van der Waals surface area contributed by atoms with Crippen molar-refractivity contribution in [3.05, 3.63) is 49.1 Å². The third-order valence-corrected chi connectivity index (χ3v) is 2.63. The molecule has 0 fully saturated rings. The molecule has 0 amide bonds. The molecule has 0 aromatic heterocycles. The molecule has 16 heavy (non-hydrogen) atoms. The second kappa shape index (κ2) is 5.48. The zero-order valence-electron chi connectivity index (χ0n) is 8.54. The van der Waals surface area contributed by atoms with Crippen molar-refractivity contribution in [1.29, 1.82) is 0 Å². The van der Waals surface area contributed by atoms with Crippen molar-refractivity contribution in [3.63, 3.8) is 0 Å². The number of hydrogen-bond donors (Lipinski definition) is 1. The van der Waals surface area contributed by atoms with Gasteiger partial charge in [-0.3, -0.25) is 4.55 Å². The zero-order chi connectivity index (χ0) is 12.0. The van der Waals surface area contributed by atoms with Crippen LogP contribution < -0.4 is 4.74 Å². The van der Waals surface area contributed by atoms with Crippen molar-refractivity contribution in [1.82, 2.24) is 0 Å². The summed E-state index contributed by atoms with van der Waals surface area (Å²) >= 11 is 0. The molecule has 0 spiro atoms. The van der Waals surface area contributed by atoms with E-state index in [1.165, 1.54) is 18.2 Å². The Kier molecular flexibility index (Phi) is 4.28. The minimum atomic E-state index is -4.25.